The van der Waals surface area contributed by atoms with Crippen LogP contribution in [0.1, 0.15) is 46.5 Å². The first-order valence-electron chi connectivity index (χ1n) is 7.22. The normalized spacial score (nSPS) is 27.4. The molecule has 0 radical (unpaired) electrons. The third kappa shape index (κ3) is 5.36. The van der Waals surface area contributed by atoms with Gasteiger partial charge in [-0.2, -0.15) is 0 Å². The number of ether oxygens (including phenoxy) is 1. The fraction of sp³-hybridized carbons (Fsp3) is 1.00. The zero-order valence-electron chi connectivity index (χ0n) is 12.0. The van der Waals surface area contributed by atoms with E-state index in [9.17, 15) is 0 Å². The van der Waals surface area contributed by atoms with Crippen molar-refractivity contribution in [2.24, 2.45) is 0 Å². The highest BCUT2D eigenvalue weighted by Crippen LogP contribution is 2.15. The maximum atomic E-state index is 5.69. The molecule has 0 spiro atoms. The van der Waals surface area contributed by atoms with E-state index < -0.39 is 0 Å². The molecule has 0 bridgehead atoms. The summed E-state index contributed by atoms with van der Waals surface area (Å²) in [7, 11) is 2.22. The first-order chi connectivity index (χ1) is 8.17. The van der Waals surface area contributed by atoms with E-state index in [1.54, 1.807) is 0 Å². The van der Waals surface area contributed by atoms with E-state index in [4.69, 9.17) is 4.74 Å². The zero-order valence-corrected chi connectivity index (χ0v) is 12.0. The third-order valence-electron chi connectivity index (χ3n) is 4.06. The van der Waals surface area contributed by atoms with Crippen LogP contribution in [0.2, 0.25) is 0 Å². The van der Waals surface area contributed by atoms with Gasteiger partial charge in [0.15, 0.2) is 0 Å². The second-order valence-electron chi connectivity index (χ2n) is 5.31. The number of nitrogens with one attached hydrogen (secondary N) is 1. The molecule has 1 rings (SSSR count). The van der Waals surface area contributed by atoms with E-state index in [1.165, 1.54) is 19.3 Å². The standard InChI is InChI=1S/C14H30N2O/c1-5-12(3)16(4)9-8-15-13-7-10-17-14(6-2)11-13/h12-15H,5-11H2,1-4H3. The van der Waals surface area contributed by atoms with E-state index in [0.29, 0.717) is 18.2 Å². The van der Waals surface area contributed by atoms with Crippen molar-refractivity contribution in [3.8, 4) is 0 Å². The Morgan fingerprint density at radius 1 is 1.41 bits per heavy atom. The Bertz CT molecular complexity index is 199. The van der Waals surface area contributed by atoms with E-state index in [2.05, 4.69) is 38.0 Å². The molecular formula is C14H30N2O. The Hall–Kier alpha value is -0.120. The average Bonchev–Trinajstić information content (AvgIpc) is 2.37. The Morgan fingerprint density at radius 3 is 2.82 bits per heavy atom. The summed E-state index contributed by atoms with van der Waals surface area (Å²) in [4.78, 5) is 2.43. The predicted molar refractivity (Wildman–Crippen MR) is 73.4 cm³/mol. The van der Waals surface area contributed by atoms with Gasteiger partial charge < -0.3 is 15.0 Å². The minimum atomic E-state index is 0.480. The summed E-state index contributed by atoms with van der Waals surface area (Å²) in [6.45, 7) is 9.92. The third-order valence-corrected chi connectivity index (χ3v) is 4.06. The van der Waals surface area contributed by atoms with Gasteiger partial charge in [0.1, 0.15) is 0 Å². The highest BCUT2D eigenvalue weighted by molar-refractivity contribution is 4.76. The topological polar surface area (TPSA) is 24.5 Å². The van der Waals surface area contributed by atoms with Gasteiger partial charge in [0, 0.05) is 31.8 Å². The van der Waals surface area contributed by atoms with Crippen LogP contribution in [0, 0.1) is 0 Å². The van der Waals surface area contributed by atoms with Gasteiger partial charge in [0.05, 0.1) is 6.10 Å². The lowest BCUT2D eigenvalue weighted by Crippen LogP contribution is -2.43. The molecule has 0 aliphatic carbocycles. The SMILES string of the molecule is CCC1CC(NCCN(C)C(C)CC)CCO1. The summed E-state index contributed by atoms with van der Waals surface area (Å²) < 4.78 is 5.69. The van der Waals surface area contributed by atoms with Gasteiger partial charge in [-0.25, -0.2) is 0 Å². The molecule has 3 unspecified atom stereocenters. The number of hydrogen-bond donors (Lipinski definition) is 1. The summed E-state index contributed by atoms with van der Waals surface area (Å²) in [5, 5.41) is 3.67. The van der Waals surface area contributed by atoms with E-state index in [-0.39, 0.29) is 0 Å². The monoisotopic (exact) mass is 242 g/mol. The minimum absolute atomic E-state index is 0.480. The lowest BCUT2D eigenvalue weighted by Gasteiger charge is -2.31. The fourth-order valence-electron chi connectivity index (χ4n) is 2.33. The predicted octanol–water partition coefficient (Wildman–Crippen LogP) is 2.26. The second kappa shape index (κ2) is 8.06. The average molecular weight is 242 g/mol. The number of hydrogen-bond acceptors (Lipinski definition) is 3. The molecule has 3 atom stereocenters. The van der Waals surface area contributed by atoms with Crippen LogP contribution < -0.4 is 5.32 Å². The van der Waals surface area contributed by atoms with Crippen molar-refractivity contribution < 1.29 is 4.74 Å². The smallest absolute Gasteiger partial charge is 0.0587 e. The van der Waals surface area contributed by atoms with Crippen LogP contribution in [0.4, 0.5) is 0 Å². The molecule has 1 aliphatic heterocycles. The largest absolute Gasteiger partial charge is 0.378 e. The first kappa shape index (κ1) is 14.9. The van der Waals surface area contributed by atoms with Gasteiger partial charge in [-0.05, 0) is 39.7 Å². The molecule has 1 aliphatic rings. The number of likely N-dealkylation sites (N-methyl/N-ethyl adjacent to an activating group) is 1. The van der Waals surface area contributed by atoms with E-state index in [0.717, 1.165) is 26.1 Å². The lowest BCUT2D eigenvalue weighted by atomic mass is 10.0. The van der Waals surface area contributed by atoms with Crippen molar-refractivity contribution in [2.75, 3.05) is 26.7 Å². The molecule has 0 saturated carbocycles. The first-order valence-corrected chi connectivity index (χ1v) is 7.22. The van der Waals surface area contributed by atoms with Crippen molar-refractivity contribution in [3.63, 3.8) is 0 Å². The highest BCUT2D eigenvalue weighted by Gasteiger charge is 2.20. The van der Waals surface area contributed by atoms with Crippen LogP contribution in [0.15, 0.2) is 0 Å². The van der Waals surface area contributed by atoms with Gasteiger partial charge in [-0.1, -0.05) is 13.8 Å². The van der Waals surface area contributed by atoms with Gasteiger partial charge in [-0.3, -0.25) is 0 Å². The molecule has 3 heteroatoms. The van der Waals surface area contributed by atoms with Gasteiger partial charge in [-0.15, -0.1) is 0 Å². The van der Waals surface area contributed by atoms with Crippen molar-refractivity contribution in [1.82, 2.24) is 10.2 Å². The molecule has 102 valence electrons. The zero-order chi connectivity index (χ0) is 12.7. The highest BCUT2D eigenvalue weighted by atomic mass is 16.5. The van der Waals surface area contributed by atoms with Crippen molar-refractivity contribution in [2.45, 2.75) is 64.6 Å². The van der Waals surface area contributed by atoms with Crippen LogP contribution in [-0.4, -0.2) is 49.8 Å². The number of rotatable bonds is 7. The maximum absolute atomic E-state index is 5.69. The van der Waals surface area contributed by atoms with Gasteiger partial charge >= 0.3 is 0 Å². The minimum Gasteiger partial charge on any atom is -0.378 e. The van der Waals surface area contributed by atoms with Crippen LogP contribution in [0.25, 0.3) is 0 Å². The van der Waals surface area contributed by atoms with Crippen LogP contribution in [0.5, 0.6) is 0 Å². The Labute approximate surface area is 107 Å². The van der Waals surface area contributed by atoms with E-state index >= 15 is 0 Å². The molecule has 0 aromatic rings. The molecule has 1 heterocycles. The summed E-state index contributed by atoms with van der Waals surface area (Å²) in [5.41, 5.74) is 0. The fourth-order valence-corrected chi connectivity index (χ4v) is 2.33. The maximum Gasteiger partial charge on any atom is 0.0587 e. The van der Waals surface area contributed by atoms with Crippen molar-refractivity contribution in [3.05, 3.63) is 0 Å². The molecule has 1 fully saturated rings. The Kier molecular flexibility index (Phi) is 7.09. The van der Waals surface area contributed by atoms with Gasteiger partial charge in [0.25, 0.3) is 0 Å². The number of nitrogens with zero attached hydrogens (tertiary/aromatic N) is 1. The van der Waals surface area contributed by atoms with Crippen LogP contribution in [0.3, 0.4) is 0 Å². The molecule has 17 heavy (non-hydrogen) atoms. The van der Waals surface area contributed by atoms with Crippen molar-refractivity contribution >= 4 is 0 Å². The second-order valence-corrected chi connectivity index (χ2v) is 5.31. The summed E-state index contributed by atoms with van der Waals surface area (Å²) in [6, 6.07) is 1.36. The molecule has 0 aromatic heterocycles. The molecule has 3 nitrogen and oxygen atoms in total. The van der Waals surface area contributed by atoms with E-state index in [1.807, 2.05) is 0 Å². The van der Waals surface area contributed by atoms with Crippen LogP contribution >= 0.6 is 0 Å². The molecule has 0 amide bonds. The molecule has 0 aromatic carbocycles. The Balaban J connectivity index is 2.13. The molecule has 1 N–H and O–H groups in total. The summed E-state index contributed by atoms with van der Waals surface area (Å²) in [6.07, 6.45) is 5.21. The summed E-state index contributed by atoms with van der Waals surface area (Å²) in [5.74, 6) is 0. The Morgan fingerprint density at radius 2 is 2.18 bits per heavy atom. The molecule has 1 saturated heterocycles. The quantitative estimate of drug-likeness (QED) is 0.741. The summed E-state index contributed by atoms with van der Waals surface area (Å²) >= 11 is 0. The van der Waals surface area contributed by atoms with Crippen LogP contribution in [-0.2, 0) is 4.74 Å². The van der Waals surface area contributed by atoms with Crippen molar-refractivity contribution in [1.29, 1.82) is 0 Å². The van der Waals surface area contributed by atoms with Gasteiger partial charge in [0.2, 0.25) is 0 Å². The molecular weight excluding hydrogens is 212 g/mol. The lowest BCUT2D eigenvalue weighted by molar-refractivity contribution is -0.000321.